The minimum absolute atomic E-state index is 0.585. The van der Waals surface area contributed by atoms with Gasteiger partial charge in [-0.25, -0.2) is 9.97 Å². The molecule has 5 nitrogen and oxygen atoms in total. The third-order valence-electron chi connectivity index (χ3n) is 3.39. The molecule has 1 aliphatic heterocycles. The molecule has 1 saturated heterocycles. The van der Waals surface area contributed by atoms with Gasteiger partial charge in [0.25, 0.3) is 0 Å². The Morgan fingerprint density at radius 1 is 1.22 bits per heavy atom. The van der Waals surface area contributed by atoms with Gasteiger partial charge in [0.1, 0.15) is 18.0 Å². The summed E-state index contributed by atoms with van der Waals surface area (Å²) in [6, 6.07) is 2.62. The average Bonchev–Trinajstić information content (AvgIpc) is 2.40. The zero-order chi connectivity index (χ0) is 13.0. The number of rotatable bonds is 4. The second-order valence-corrected chi connectivity index (χ2v) is 5.16. The van der Waals surface area contributed by atoms with Crippen LogP contribution in [-0.4, -0.2) is 50.2 Å². The molecule has 1 aliphatic rings. The van der Waals surface area contributed by atoms with Crippen LogP contribution in [-0.2, 0) is 0 Å². The zero-order valence-corrected chi connectivity index (χ0v) is 11.6. The van der Waals surface area contributed by atoms with E-state index in [1.807, 2.05) is 25.1 Å². The van der Waals surface area contributed by atoms with Gasteiger partial charge in [0.15, 0.2) is 0 Å². The van der Waals surface area contributed by atoms with E-state index in [0.29, 0.717) is 6.04 Å². The smallest absolute Gasteiger partial charge is 0.133 e. The van der Waals surface area contributed by atoms with Crippen molar-refractivity contribution in [2.75, 3.05) is 44.0 Å². The fourth-order valence-electron chi connectivity index (χ4n) is 2.29. The fourth-order valence-corrected chi connectivity index (χ4v) is 2.29. The van der Waals surface area contributed by atoms with Gasteiger partial charge in [-0.2, -0.15) is 0 Å². The third-order valence-corrected chi connectivity index (χ3v) is 3.39. The van der Waals surface area contributed by atoms with Crippen LogP contribution in [0.2, 0.25) is 0 Å². The molecule has 0 aromatic carbocycles. The maximum absolute atomic E-state index is 4.35. The largest absolute Gasteiger partial charge is 0.363 e. The van der Waals surface area contributed by atoms with Crippen molar-refractivity contribution in [1.29, 1.82) is 0 Å². The Kier molecular flexibility index (Phi) is 4.36. The van der Waals surface area contributed by atoms with Crippen LogP contribution in [0.25, 0.3) is 0 Å². The molecule has 0 bridgehead atoms. The van der Waals surface area contributed by atoms with Crippen LogP contribution in [0.1, 0.15) is 19.3 Å². The first-order valence-electron chi connectivity index (χ1n) is 6.60. The van der Waals surface area contributed by atoms with Gasteiger partial charge in [-0.05, 0) is 19.4 Å². The lowest BCUT2D eigenvalue weighted by Crippen LogP contribution is -2.42. The summed E-state index contributed by atoms with van der Waals surface area (Å²) in [5.41, 5.74) is 0. The minimum atomic E-state index is 0.585. The van der Waals surface area contributed by atoms with Crippen molar-refractivity contribution in [2.45, 2.75) is 25.3 Å². The Bertz CT molecular complexity index is 373. The number of nitrogens with zero attached hydrogens (tertiary/aromatic N) is 4. The summed E-state index contributed by atoms with van der Waals surface area (Å²) >= 11 is 0. The number of piperidine rings is 1. The summed E-state index contributed by atoms with van der Waals surface area (Å²) in [5, 5.41) is 3.56. The van der Waals surface area contributed by atoms with E-state index in [1.165, 1.54) is 19.3 Å². The van der Waals surface area contributed by atoms with Gasteiger partial charge in [-0.1, -0.05) is 6.42 Å². The first-order valence-corrected chi connectivity index (χ1v) is 6.60. The molecular formula is C13H23N5. The number of likely N-dealkylation sites (N-methyl/N-ethyl adjacent to an activating group) is 1. The summed E-state index contributed by atoms with van der Waals surface area (Å²) in [4.78, 5) is 12.8. The van der Waals surface area contributed by atoms with E-state index in [9.17, 15) is 0 Å². The summed E-state index contributed by atoms with van der Waals surface area (Å²) in [6.07, 6.45) is 5.53. The lowest BCUT2D eigenvalue weighted by Gasteiger charge is -2.29. The zero-order valence-electron chi connectivity index (χ0n) is 11.6. The highest BCUT2D eigenvalue weighted by molar-refractivity contribution is 5.48. The molecule has 0 spiro atoms. The highest BCUT2D eigenvalue weighted by atomic mass is 15.2. The summed E-state index contributed by atoms with van der Waals surface area (Å²) in [5.74, 6) is 1.93. The third kappa shape index (κ3) is 3.32. The Balaban J connectivity index is 1.99. The molecule has 2 rings (SSSR count). The van der Waals surface area contributed by atoms with Gasteiger partial charge in [0.2, 0.25) is 0 Å². The standard InChI is InChI=1S/C13H23N5/c1-17(2)12-8-13(16-10-15-12)18(3)9-11-6-4-5-7-14-11/h8,10-11,14H,4-7,9H2,1-3H3. The van der Waals surface area contributed by atoms with Crippen molar-refractivity contribution >= 4 is 11.6 Å². The Morgan fingerprint density at radius 3 is 2.67 bits per heavy atom. The van der Waals surface area contributed by atoms with E-state index in [-0.39, 0.29) is 0 Å². The topological polar surface area (TPSA) is 44.3 Å². The van der Waals surface area contributed by atoms with Crippen molar-refractivity contribution in [3.63, 3.8) is 0 Å². The maximum atomic E-state index is 4.35. The number of hydrogen-bond donors (Lipinski definition) is 1. The molecule has 1 N–H and O–H groups in total. The Hall–Kier alpha value is -1.36. The predicted molar refractivity (Wildman–Crippen MR) is 75.3 cm³/mol. The van der Waals surface area contributed by atoms with Gasteiger partial charge in [0, 0.05) is 39.8 Å². The van der Waals surface area contributed by atoms with Gasteiger partial charge < -0.3 is 15.1 Å². The van der Waals surface area contributed by atoms with Crippen LogP contribution < -0.4 is 15.1 Å². The van der Waals surface area contributed by atoms with Crippen LogP contribution >= 0.6 is 0 Å². The van der Waals surface area contributed by atoms with E-state index in [0.717, 1.165) is 24.7 Å². The predicted octanol–water partition coefficient (Wildman–Crippen LogP) is 1.12. The Labute approximate surface area is 109 Å². The van der Waals surface area contributed by atoms with Gasteiger partial charge in [0.05, 0.1) is 0 Å². The molecule has 100 valence electrons. The molecule has 1 aromatic heterocycles. The van der Waals surface area contributed by atoms with Gasteiger partial charge >= 0.3 is 0 Å². The number of nitrogens with one attached hydrogen (secondary N) is 1. The SMILES string of the molecule is CN(C)c1cc(N(C)CC2CCCCN2)ncn1. The molecule has 2 heterocycles. The van der Waals surface area contributed by atoms with Crippen molar-refractivity contribution in [1.82, 2.24) is 15.3 Å². The maximum Gasteiger partial charge on any atom is 0.133 e. The molecule has 18 heavy (non-hydrogen) atoms. The first-order chi connectivity index (χ1) is 8.66. The number of anilines is 2. The summed E-state index contributed by atoms with van der Waals surface area (Å²) in [6.45, 7) is 2.15. The van der Waals surface area contributed by atoms with Crippen molar-refractivity contribution < 1.29 is 0 Å². The molecule has 0 radical (unpaired) electrons. The molecule has 0 amide bonds. The molecule has 0 saturated carbocycles. The molecule has 1 unspecified atom stereocenters. The van der Waals surface area contributed by atoms with Crippen molar-refractivity contribution in [3.05, 3.63) is 12.4 Å². The molecule has 1 aromatic rings. The second-order valence-electron chi connectivity index (χ2n) is 5.16. The van der Waals surface area contributed by atoms with E-state index >= 15 is 0 Å². The Morgan fingerprint density at radius 2 is 2.00 bits per heavy atom. The molecular weight excluding hydrogens is 226 g/mol. The van der Waals surface area contributed by atoms with Crippen molar-refractivity contribution in [2.24, 2.45) is 0 Å². The number of hydrogen-bond acceptors (Lipinski definition) is 5. The number of aromatic nitrogens is 2. The van der Waals surface area contributed by atoms with Gasteiger partial charge in [-0.3, -0.25) is 0 Å². The average molecular weight is 249 g/mol. The highest BCUT2D eigenvalue weighted by Crippen LogP contribution is 2.16. The summed E-state index contributed by atoms with van der Waals surface area (Å²) in [7, 11) is 6.08. The lowest BCUT2D eigenvalue weighted by atomic mass is 10.0. The van der Waals surface area contributed by atoms with Gasteiger partial charge in [-0.15, -0.1) is 0 Å². The fraction of sp³-hybridized carbons (Fsp3) is 0.692. The normalized spacial score (nSPS) is 19.6. The van der Waals surface area contributed by atoms with E-state index in [1.54, 1.807) is 6.33 Å². The van der Waals surface area contributed by atoms with Crippen LogP contribution in [0.4, 0.5) is 11.6 Å². The van der Waals surface area contributed by atoms with Crippen molar-refractivity contribution in [3.8, 4) is 0 Å². The van der Waals surface area contributed by atoms with E-state index in [2.05, 4.69) is 27.2 Å². The first kappa shape index (κ1) is 13.1. The minimum Gasteiger partial charge on any atom is -0.363 e. The summed E-state index contributed by atoms with van der Waals surface area (Å²) < 4.78 is 0. The molecule has 1 atom stereocenters. The van der Waals surface area contributed by atoms with Crippen LogP contribution in [0.15, 0.2) is 12.4 Å². The van der Waals surface area contributed by atoms with E-state index < -0.39 is 0 Å². The highest BCUT2D eigenvalue weighted by Gasteiger charge is 2.15. The molecule has 0 aliphatic carbocycles. The quantitative estimate of drug-likeness (QED) is 0.866. The molecule has 1 fully saturated rings. The van der Waals surface area contributed by atoms with Crippen LogP contribution in [0, 0.1) is 0 Å². The van der Waals surface area contributed by atoms with Crippen LogP contribution in [0.3, 0.4) is 0 Å². The monoisotopic (exact) mass is 249 g/mol. The van der Waals surface area contributed by atoms with E-state index in [4.69, 9.17) is 0 Å². The molecule has 5 heteroatoms. The second kappa shape index (κ2) is 6.00. The van der Waals surface area contributed by atoms with Crippen LogP contribution in [0.5, 0.6) is 0 Å². The lowest BCUT2D eigenvalue weighted by molar-refractivity contribution is 0.403.